The van der Waals surface area contributed by atoms with Crippen LogP contribution in [0.2, 0.25) is 0 Å². The molecule has 1 aromatic carbocycles. The van der Waals surface area contributed by atoms with Gasteiger partial charge in [0, 0.05) is 6.04 Å². The van der Waals surface area contributed by atoms with Crippen molar-refractivity contribution in [2.75, 3.05) is 7.05 Å². The molecular formula is C13H27BN-. The summed E-state index contributed by atoms with van der Waals surface area (Å²) in [5.74, 6) is 0.580. The third kappa shape index (κ3) is 5.63. The van der Waals surface area contributed by atoms with E-state index in [1.807, 2.05) is 20.9 Å². The topological polar surface area (TPSA) is 12.0 Å². The first-order valence-corrected chi connectivity index (χ1v) is 5.48. The van der Waals surface area contributed by atoms with Gasteiger partial charge in [0.25, 0.3) is 0 Å². The molecule has 2 atom stereocenters. The van der Waals surface area contributed by atoms with Gasteiger partial charge in [0.15, 0.2) is 0 Å². The molecular weight excluding hydrogens is 181 g/mol. The van der Waals surface area contributed by atoms with Crippen molar-refractivity contribution in [3.8, 4) is 0 Å². The Bertz CT molecular complexity index is 223. The van der Waals surface area contributed by atoms with Gasteiger partial charge >= 0.3 is 0 Å². The van der Waals surface area contributed by atoms with Gasteiger partial charge in [-0.25, -0.2) is 0 Å². The smallest absolute Gasteiger partial charge is 0.0102 e. The summed E-state index contributed by atoms with van der Waals surface area (Å²) in [5.41, 5.74) is 1.40. The van der Waals surface area contributed by atoms with Crippen LogP contribution >= 0.6 is 0 Å². The normalized spacial score (nSPS) is 12.9. The van der Waals surface area contributed by atoms with Gasteiger partial charge in [-0.05, 0) is 25.5 Å². The van der Waals surface area contributed by atoms with Gasteiger partial charge in [-0.3, -0.25) is 0 Å². The van der Waals surface area contributed by atoms with E-state index >= 15 is 0 Å². The molecule has 1 N–H and O–H groups in total. The van der Waals surface area contributed by atoms with E-state index in [2.05, 4.69) is 49.5 Å². The molecule has 0 saturated carbocycles. The predicted molar refractivity (Wildman–Crippen MR) is 76.1 cm³/mol. The van der Waals surface area contributed by atoms with Crippen LogP contribution in [0.4, 0.5) is 0 Å². The fraction of sp³-hybridized carbons (Fsp3) is 0.538. The minimum atomic E-state index is 0. The Morgan fingerprint density at radius 1 is 1.00 bits per heavy atom. The van der Waals surface area contributed by atoms with E-state index < -0.39 is 0 Å². The van der Waals surface area contributed by atoms with Gasteiger partial charge < -0.3 is 5.32 Å². The highest BCUT2D eigenvalue weighted by atomic mass is 14.9. The molecule has 0 aliphatic rings. The van der Waals surface area contributed by atoms with Gasteiger partial charge in [0.05, 0.1) is 0 Å². The Morgan fingerprint density at radius 2 is 1.47 bits per heavy atom. The number of hydrogen-bond acceptors (Lipinski definition) is 1. The van der Waals surface area contributed by atoms with E-state index in [4.69, 9.17) is 0 Å². The van der Waals surface area contributed by atoms with Gasteiger partial charge in [0.1, 0.15) is 0 Å². The van der Waals surface area contributed by atoms with Crippen LogP contribution < -0.4 is 5.32 Å². The average Bonchev–Trinajstić information content (AvgIpc) is 2.31. The van der Waals surface area contributed by atoms with Crippen molar-refractivity contribution < 1.29 is 0 Å². The molecule has 0 spiro atoms. The Labute approximate surface area is 96.9 Å². The summed E-state index contributed by atoms with van der Waals surface area (Å²) >= 11 is 0. The maximum atomic E-state index is 3.26. The maximum absolute atomic E-state index is 3.26. The lowest BCUT2D eigenvalue weighted by molar-refractivity contribution is 0.524. The number of benzene rings is 1. The summed E-state index contributed by atoms with van der Waals surface area (Å²) in [6, 6.07) is 11.1. The Balaban J connectivity index is 0. The zero-order valence-corrected chi connectivity index (χ0v) is 10.0. The summed E-state index contributed by atoms with van der Waals surface area (Å²) in [6.45, 7) is 8.45. The average molecular weight is 208 g/mol. The van der Waals surface area contributed by atoms with Crippen LogP contribution in [0.3, 0.4) is 0 Å². The molecule has 0 radical (unpaired) electrons. The van der Waals surface area contributed by atoms with Gasteiger partial charge in [-0.2, -0.15) is 0 Å². The molecule has 0 fully saturated rings. The number of rotatable bonds is 3. The summed E-state index contributed by atoms with van der Waals surface area (Å²) in [5, 5.41) is 3.26. The first kappa shape index (κ1) is 16.7. The summed E-state index contributed by atoms with van der Waals surface area (Å²) in [7, 11) is 2.00. The molecule has 88 valence electrons. The summed E-state index contributed by atoms with van der Waals surface area (Å²) in [4.78, 5) is 0. The predicted octanol–water partition coefficient (Wildman–Crippen LogP) is 1.97. The number of hydrogen-bond donors (Lipinski definition) is 1. The SMILES string of the molecule is CC.CNC(C)C(C)c1ccccc1.[BH4-]. The van der Waals surface area contributed by atoms with Crippen molar-refractivity contribution >= 4 is 8.41 Å². The fourth-order valence-corrected chi connectivity index (χ4v) is 1.30. The van der Waals surface area contributed by atoms with Crippen molar-refractivity contribution in [3.05, 3.63) is 35.9 Å². The lowest BCUT2D eigenvalue weighted by atomic mass is 9.95. The second kappa shape index (κ2) is 9.79. The molecule has 0 saturated heterocycles. The largest absolute Gasteiger partial charge is 0.317 e. The summed E-state index contributed by atoms with van der Waals surface area (Å²) < 4.78 is 0. The quantitative estimate of drug-likeness (QED) is 0.749. The van der Waals surface area contributed by atoms with E-state index in [0.29, 0.717) is 12.0 Å². The molecule has 0 aliphatic carbocycles. The molecule has 1 rings (SSSR count). The van der Waals surface area contributed by atoms with Crippen molar-refractivity contribution in [1.82, 2.24) is 5.32 Å². The minimum Gasteiger partial charge on any atom is -0.317 e. The van der Waals surface area contributed by atoms with Crippen molar-refractivity contribution in [3.63, 3.8) is 0 Å². The Kier molecular flexibility index (Phi) is 10.9. The van der Waals surface area contributed by atoms with Crippen LogP contribution in [0.5, 0.6) is 0 Å². The molecule has 0 aromatic heterocycles. The van der Waals surface area contributed by atoms with Crippen LogP contribution in [-0.4, -0.2) is 21.5 Å². The molecule has 2 heteroatoms. The van der Waals surface area contributed by atoms with Gasteiger partial charge in [-0.15, -0.1) is 0 Å². The maximum Gasteiger partial charge on any atom is 0.0102 e. The number of nitrogens with one attached hydrogen (secondary N) is 1. The molecule has 0 bridgehead atoms. The van der Waals surface area contributed by atoms with E-state index in [-0.39, 0.29) is 8.41 Å². The third-order valence-corrected chi connectivity index (χ3v) is 2.53. The van der Waals surface area contributed by atoms with Crippen LogP contribution in [0.15, 0.2) is 30.3 Å². The van der Waals surface area contributed by atoms with Crippen molar-refractivity contribution in [2.45, 2.75) is 39.7 Å². The van der Waals surface area contributed by atoms with Crippen LogP contribution in [-0.2, 0) is 0 Å². The molecule has 1 nitrogen and oxygen atoms in total. The lowest BCUT2D eigenvalue weighted by Gasteiger charge is -2.19. The fourth-order valence-electron chi connectivity index (χ4n) is 1.30. The first-order valence-electron chi connectivity index (χ1n) is 5.48. The highest BCUT2D eigenvalue weighted by Gasteiger charge is 2.10. The standard InChI is InChI=1S/C11H17N.C2H6.BH4/c1-9(10(2)12-3)11-7-5-4-6-8-11;1-2;/h4-10,12H,1-3H3;1-2H3;1H4/q;;-1. The van der Waals surface area contributed by atoms with Crippen LogP contribution in [0, 0.1) is 0 Å². The zero-order valence-electron chi connectivity index (χ0n) is 10.0. The molecule has 1 aromatic rings. The van der Waals surface area contributed by atoms with Crippen LogP contribution in [0.25, 0.3) is 0 Å². The molecule has 2 unspecified atom stereocenters. The molecule has 0 aliphatic heterocycles. The van der Waals surface area contributed by atoms with E-state index in [9.17, 15) is 0 Å². The second-order valence-electron chi connectivity index (χ2n) is 3.28. The lowest BCUT2D eigenvalue weighted by Crippen LogP contribution is -2.27. The second-order valence-corrected chi connectivity index (χ2v) is 3.28. The third-order valence-electron chi connectivity index (χ3n) is 2.53. The van der Waals surface area contributed by atoms with Crippen molar-refractivity contribution in [1.29, 1.82) is 0 Å². The van der Waals surface area contributed by atoms with E-state index in [1.165, 1.54) is 5.56 Å². The first-order chi connectivity index (χ1) is 6.75. The Hall–Kier alpha value is -0.755. The zero-order chi connectivity index (χ0) is 11.0. The highest BCUT2D eigenvalue weighted by Crippen LogP contribution is 2.17. The van der Waals surface area contributed by atoms with Crippen LogP contribution in [0.1, 0.15) is 39.2 Å². The molecule has 0 amide bonds. The minimum absolute atomic E-state index is 0. The number of likely N-dealkylation sites (N-methyl/N-ethyl adjacent to an activating group) is 1. The Morgan fingerprint density at radius 3 is 1.87 bits per heavy atom. The van der Waals surface area contributed by atoms with Gasteiger partial charge in [-0.1, -0.05) is 59.5 Å². The monoisotopic (exact) mass is 208 g/mol. The highest BCUT2D eigenvalue weighted by molar-refractivity contribution is 5.75. The summed E-state index contributed by atoms with van der Waals surface area (Å²) in [6.07, 6.45) is 0. The van der Waals surface area contributed by atoms with E-state index in [1.54, 1.807) is 0 Å². The molecule has 15 heavy (non-hydrogen) atoms. The van der Waals surface area contributed by atoms with Gasteiger partial charge in [0.2, 0.25) is 0 Å². The molecule has 0 heterocycles. The van der Waals surface area contributed by atoms with Crippen molar-refractivity contribution in [2.24, 2.45) is 0 Å². The van der Waals surface area contributed by atoms with E-state index in [0.717, 1.165) is 0 Å².